The fourth-order valence-electron chi connectivity index (χ4n) is 3.52. The lowest BCUT2D eigenvalue weighted by Gasteiger charge is -2.36. The van der Waals surface area contributed by atoms with Gasteiger partial charge in [-0.05, 0) is 36.8 Å². The Kier molecular flexibility index (Phi) is 5.16. The maximum absolute atomic E-state index is 6.68. The van der Waals surface area contributed by atoms with E-state index in [4.69, 9.17) is 5.73 Å². The lowest BCUT2D eigenvalue weighted by atomic mass is 9.69. The minimum absolute atomic E-state index is 0.121. The maximum atomic E-state index is 6.68. The molecule has 1 unspecified atom stereocenters. The van der Waals surface area contributed by atoms with Gasteiger partial charge < -0.3 is 5.73 Å². The number of hydrogen-bond donors (Lipinski definition) is 1. The normalized spacial score (nSPS) is 20.0. The minimum atomic E-state index is -0.164. The summed E-state index contributed by atoms with van der Waals surface area (Å²) in [5, 5.41) is 0. The van der Waals surface area contributed by atoms with Crippen LogP contribution in [0.4, 0.5) is 0 Å². The second-order valence-electron chi connectivity index (χ2n) is 6.63. The minimum Gasteiger partial charge on any atom is -0.326 e. The largest absolute Gasteiger partial charge is 0.326 e. The molecule has 0 saturated carbocycles. The van der Waals surface area contributed by atoms with Gasteiger partial charge in [0.2, 0.25) is 0 Å². The average Bonchev–Trinajstić information content (AvgIpc) is 2.58. The summed E-state index contributed by atoms with van der Waals surface area (Å²) in [5.41, 5.74) is 9.17. The molecule has 3 rings (SSSR count). The van der Waals surface area contributed by atoms with Gasteiger partial charge >= 0.3 is 0 Å². The Balaban J connectivity index is 1.96. The van der Waals surface area contributed by atoms with Gasteiger partial charge in [-0.25, -0.2) is 0 Å². The summed E-state index contributed by atoms with van der Waals surface area (Å²) < 4.78 is 0. The monoisotopic (exact) mass is 303 g/mol. The molecule has 2 aromatic carbocycles. The number of rotatable bonds is 4. The highest BCUT2D eigenvalue weighted by Crippen LogP contribution is 2.34. The third-order valence-electron chi connectivity index (χ3n) is 4.84. The van der Waals surface area contributed by atoms with Crippen LogP contribution in [0, 0.1) is 17.3 Å². The summed E-state index contributed by atoms with van der Waals surface area (Å²) in [6.45, 7) is 0. The predicted octanol–water partition coefficient (Wildman–Crippen LogP) is 4.36. The van der Waals surface area contributed by atoms with Gasteiger partial charge in [-0.2, -0.15) is 0 Å². The van der Waals surface area contributed by atoms with Crippen LogP contribution in [-0.2, 0) is 12.8 Å². The summed E-state index contributed by atoms with van der Waals surface area (Å²) >= 11 is 0. The van der Waals surface area contributed by atoms with Crippen LogP contribution in [0.2, 0.25) is 0 Å². The lowest BCUT2D eigenvalue weighted by Crippen LogP contribution is -2.44. The van der Waals surface area contributed by atoms with Gasteiger partial charge in [0.15, 0.2) is 0 Å². The molecule has 0 heterocycles. The molecule has 1 atom stereocenters. The molecule has 0 aliphatic heterocycles. The maximum Gasteiger partial charge on any atom is 0.0545 e. The van der Waals surface area contributed by atoms with Gasteiger partial charge in [0.25, 0.3) is 0 Å². The van der Waals surface area contributed by atoms with E-state index in [2.05, 4.69) is 72.5 Å². The standard InChI is InChI=1S/C22H25N/c23-21-15-9-1-2-10-16-22(21,17-19-11-5-3-6-12-19)18-20-13-7-4-8-14-20/h3-8,11-14,21H,1-2,9,15,17-18,23H2. The van der Waals surface area contributed by atoms with Crippen molar-refractivity contribution in [2.24, 2.45) is 11.1 Å². The summed E-state index contributed by atoms with van der Waals surface area (Å²) in [6, 6.07) is 21.4. The Morgan fingerprint density at radius 1 is 0.870 bits per heavy atom. The van der Waals surface area contributed by atoms with Crippen LogP contribution in [0.5, 0.6) is 0 Å². The zero-order valence-electron chi connectivity index (χ0n) is 13.7. The Bertz CT molecular complexity index is 622. The molecule has 0 saturated heterocycles. The molecule has 23 heavy (non-hydrogen) atoms. The first-order chi connectivity index (χ1) is 11.3. The third kappa shape index (κ3) is 4.03. The second kappa shape index (κ2) is 7.49. The van der Waals surface area contributed by atoms with Crippen molar-refractivity contribution in [3.8, 4) is 11.8 Å². The highest BCUT2D eigenvalue weighted by Gasteiger charge is 2.35. The van der Waals surface area contributed by atoms with Gasteiger partial charge in [-0.1, -0.05) is 73.0 Å². The van der Waals surface area contributed by atoms with E-state index in [0.717, 1.165) is 25.7 Å². The van der Waals surface area contributed by atoms with Crippen molar-refractivity contribution >= 4 is 0 Å². The van der Waals surface area contributed by atoms with Crippen LogP contribution in [0.1, 0.15) is 36.8 Å². The molecule has 1 aliphatic rings. The summed E-state index contributed by atoms with van der Waals surface area (Å²) in [5.74, 6) is 7.03. The van der Waals surface area contributed by atoms with Crippen molar-refractivity contribution in [3.05, 3.63) is 71.8 Å². The molecule has 0 amide bonds. The van der Waals surface area contributed by atoms with E-state index < -0.39 is 0 Å². The molecule has 0 aromatic heterocycles. The van der Waals surface area contributed by atoms with Crippen LogP contribution in [0.25, 0.3) is 0 Å². The Hall–Kier alpha value is -2.04. The fourth-order valence-corrected chi connectivity index (χ4v) is 3.52. The van der Waals surface area contributed by atoms with Crippen molar-refractivity contribution in [1.29, 1.82) is 0 Å². The van der Waals surface area contributed by atoms with E-state index >= 15 is 0 Å². The van der Waals surface area contributed by atoms with E-state index in [-0.39, 0.29) is 11.5 Å². The molecule has 0 spiro atoms. The van der Waals surface area contributed by atoms with E-state index in [1.807, 2.05) is 0 Å². The summed E-state index contributed by atoms with van der Waals surface area (Å²) in [6.07, 6.45) is 6.27. The van der Waals surface area contributed by atoms with Gasteiger partial charge in [-0.15, -0.1) is 5.92 Å². The number of hydrogen-bond acceptors (Lipinski definition) is 1. The number of nitrogens with two attached hydrogens (primary N) is 1. The molecule has 2 N–H and O–H groups in total. The Labute approximate surface area is 139 Å². The van der Waals surface area contributed by atoms with Gasteiger partial charge in [0, 0.05) is 12.5 Å². The van der Waals surface area contributed by atoms with Gasteiger partial charge in [0.05, 0.1) is 5.41 Å². The second-order valence-corrected chi connectivity index (χ2v) is 6.63. The average molecular weight is 303 g/mol. The summed E-state index contributed by atoms with van der Waals surface area (Å²) in [4.78, 5) is 0. The molecular formula is C22H25N. The van der Waals surface area contributed by atoms with Gasteiger partial charge in [0.1, 0.15) is 0 Å². The zero-order valence-corrected chi connectivity index (χ0v) is 13.7. The van der Waals surface area contributed by atoms with Crippen molar-refractivity contribution in [2.45, 2.75) is 44.6 Å². The Morgan fingerprint density at radius 2 is 1.43 bits per heavy atom. The first-order valence-corrected chi connectivity index (χ1v) is 8.62. The first kappa shape index (κ1) is 15.8. The topological polar surface area (TPSA) is 26.0 Å². The molecule has 1 heteroatoms. The molecule has 1 aliphatic carbocycles. The van der Waals surface area contributed by atoms with Crippen LogP contribution in [0.3, 0.4) is 0 Å². The van der Waals surface area contributed by atoms with E-state index in [0.29, 0.717) is 0 Å². The van der Waals surface area contributed by atoms with E-state index in [1.165, 1.54) is 24.0 Å². The van der Waals surface area contributed by atoms with Crippen LogP contribution >= 0.6 is 0 Å². The van der Waals surface area contributed by atoms with Crippen molar-refractivity contribution < 1.29 is 0 Å². The summed E-state index contributed by atoms with van der Waals surface area (Å²) in [7, 11) is 0. The van der Waals surface area contributed by atoms with Crippen LogP contribution < -0.4 is 5.73 Å². The molecule has 118 valence electrons. The molecular weight excluding hydrogens is 278 g/mol. The number of benzene rings is 2. The SMILES string of the molecule is NC1CCCCC#CC1(Cc1ccccc1)Cc1ccccc1. The molecule has 0 radical (unpaired) electrons. The van der Waals surface area contributed by atoms with Crippen molar-refractivity contribution in [1.82, 2.24) is 0 Å². The third-order valence-corrected chi connectivity index (χ3v) is 4.84. The molecule has 2 aromatic rings. The highest BCUT2D eigenvalue weighted by molar-refractivity contribution is 5.29. The zero-order chi connectivity index (χ0) is 16.0. The van der Waals surface area contributed by atoms with Gasteiger partial charge in [-0.3, -0.25) is 0 Å². The predicted molar refractivity (Wildman–Crippen MR) is 96.9 cm³/mol. The Morgan fingerprint density at radius 3 is 2.00 bits per heavy atom. The van der Waals surface area contributed by atoms with Crippen LogP contribution in [0.15, 0.2) is 60.7 Å². The first-order valence-electron chi connectivity index (χ1n) is 8.62. The van der Waals surface area contributed by atoms with Crippen molar-refractivity contribution in [3.63, 3.8) is 0 Å². The fraction of sp³-hybridized carbons (Fsp3) is 0.364. The smallest absolute Gasteiger partial charge is 0.0545 e. The molecule has 1 nitrogen and oxygen atoms in total. The quantitative estimate of drug-likeness (QED) is 0.834. The van der Waals surface area contributed by atoms with Crippen LogP contribution in [-0.4, -0.2) is 6.04 Å². The molecule has 0 fully saturated rings. The highest BCUT2D eigenvalue weighted by atomic mass is 14.7. The van der Waals surface area contributed by atoms with E-state index in [1.54, 1.807) is 0 Å². The molecule has 0 bridgehead atoms. The lowest BCUT2D eigenvalue weighted by molar-refractivity contribution is 0.289. The van der Waals surface area contributed by atoms with E-state index in [9.17, 15) is 0 Å². The van der Waals surface area contributed by atoms with Crippen molar-refractivity contribution in [2.75, 3.05) is 0 Å².